The number of aromatic nitrogens is 2. The quantitative estimate of drug-likeness (QED) is 0.799. The lowest BCUT2D eigenvalue weighted by Gasteiger charge is -2.05. The summed E-state index contributed by atoms with van der Waals surface area (Å²) in [6.07, 6.45) is 3.81. The van der Waals surface area contributed by atoms with E-state index in [0.717, 1.165) is 24.3 Å². The molecule has 2 rings (SSSR count). The maximum Gasteiger partial charge on any atom is 0.0953 e. The van der Waals surface area contributed by atoms with Gasteiger partial charge in [-0.15, -0.1) is 0 Å². The second-order valence-electron chi connectivity index (χ2n) is 4.44. The van der Waals surface area contributed by atoms with Gasteiger partial charge in [0.1, 0.15) is 0 Å². The largest absolute Gasteiger partial charge is 0.383 e. The maximum absolute atomic E-state index is 6.16. The van der Waals surface area contributed by atoms with E-state index in [9.17, 15) is 0 Å². The first kappa shape index (κ1) is 15.3. The molecule has 0 aliphatic heterocycles. The average Bonchev–Trinajstić information content (AvgIpc) is 2.86. The summed E-state index contributed by atoms with van der Waals surface area (Å²) >= 11 is 12.0. The van der Waals surface area contributed by atoms with Gasteiger partial charge in [0, 0.05) is 43.0 Å². The molecule has 0 aliphatic rings. The minimum atomic E-state index is 0.646. The SMILES string of the molecule is COCCNCc1cn(Cc2ccc(Cl)cc2Cl)cn1. The number of hydrogen-bond donors (Lipinski definition) is 1. The van der Waals surface area contributed by atoms with Gasteiger partial charge in [-0.2, -0.15) is 0 Å². The molecule has 0 fully saturated rings. The summed E-state index contributed by atoms with van der Waals surface area (Å²) < 4.78 is 6.98. The number of imidazole rings is 1. The normalized spacial score (nSPS) is 10.9. The van der Waals surface area contributed by atoms with E-state index in [1.165, 1.54) is 0 Å². The zero-order valence-electron chi connectivity index (χ0n) is 11.3. The zero-order valence-corrected chi connectivity index (χ0v) is 12.8. The van der Waals surface area contributed by atoms with Crippen LogP contribution in [0.15, 0.2) is 30.7 Å². The van der Waals surface area contributed by atoms with Crippen molar-refractivity contribution in [3.8, 4) is 0 Å². The van der Waals surface area contributed by atoms with Gasteiger partial charge in [-0.05, 0) is 17.7 Å². The predicted molar refractivity (Wildman–Crippen MR) is 81.4 cm³/mol. The summed E-state index contributed by atoms with van der Waals surface area (Å²) in [5, 5.41) is 4.57. The standard InChI is InChI=1S/C14H17Cl2N3O/c1-20-5-4-17-7-13-9-19(10-18-13)8-11-2-3-12(15)6-14(11)16/h2-3,6,9-10,17H,4-5,7-8H2,1H3. The van der Waals surface area contributed by atoms with Crippen molar-refractivity contribution in [2.45, 2.75) is 13.1 Å². The van der Waals surface area contributed by atoms with E-state index in [0.29, 0.717) is 23.2 Å². The molecule has 1 heterocycles. The topological polar surface area (TPSA) is 39.1 Å². The van der Waals surface area contributed by atoms with Crippen LogP contribution < -0.4 is 5.32 Å². The molecule has 1 aromatic carbocycles. The Morgan fingerprint density at radius 2 is 2.20 bits per heavy atom. The minimum Gasteiger partial charge on any atom is -0.383 e. The van der Waals surface area contributed by atoms with E-state index in [2.05, 4.69) is 10.3 Å². The molecule has 0 bridgehead atoms. The predicted octanol–water partition coefficient (Wildman–Crippen LogP) is 2.97. The Morgan fingerprint density at radius 1 is 1.35 bits per heavy atom. The Kier molecular flexibility index (Phi) is 5.86. The molecule has 0 atom stereocenters. The first-order valence-electron chi connectivity index (χ1n) is 6.33. The highest BCUT2D eigenvalue weighted by Gasteiger charge is 2.04. The van der Waals surface area contributed by atoms with Gasteiger partial charge < -0.3 is 14.6 Å². The number of nitrogens with zero attached hydrogens (tertiary/aromatic N) is 2. The third-order valence-corrected chi connectivity index (χ3v) is 3.43. The van der Waals surface area contributed by atoms with Gasteiger partial charge in [-0.3, -0.25) is 0 Å². The number of benzene rings is 1. The molecule has 0 amide bonds. The van der Waals surface area contributed by atoms with Gasteiger partial charge in [-0.1, -0.05) is 29.3 Å². The molecule has 20 heavy (non-hydrogen) atoms. The van der Waals surface area contributed by atoms with E-state index >= 15 is 0 Å². The smallest absolute Gasteiger partial charge is 0.0953 e. The van der Waals surface area contributed by atoms with Gasteiger partial charge in [0.15, 0.2) is 0 Å². The van der Waals surface area contributed by atoms with Crippen LogP contribution in [0.3, 0.4) is 0 Å². The highest BCUT2D eigenvalue weighted by Crippen LogP contribution is 2.21. The second-order valence-corrected chi connectivity index (χ2v) is 5.29. The van der Waals surface area contributed by atoms with Crippen LogP contribution >= 0.6 is 23.2 Å². The molecule has 0 radical (unpaired) electrons. The highest BCUT2D eigenvalue weighted by atomic mass is 35.5. The first-order chi connectivity index (χ1) is 9.69. The van der Waals surface area contributed by atoms with Crippen molar-refractivity contribution < 1.29 is 4.74 Å². The number of nitrogens with one attached hydrogen (secondary N) is 1. The van der Waals surface area contributed by atoms with Crippen LogP contribution in [0.1, 0.15) is 11.3 Å². The third-order valence-electron chi connectivity index (χ3n) is 2.84. The average molecular weight is 314 g/mol. The van der Waals surface area contributed by atoms with Crippen LogP contribution in [0, 0.1) is 0 Å². The summed E-state index contributed by atoms with van der Waals surface area (Å²) in [7, 11) is 1.69. The fourth-order valence-electron chi connectivity index (χ4n) is 1.82. The van der Waals surface area contributed by atoms with Crippen molar-refractivity contribution >= 4 is 23.2 Å². The first-order valence-corrected chi connectivity index (χ1v) is 7.09. The molecular weight excluding hydrogens is 297 g/mol. The van der Waals surface area contributed by atoms with Crippen LogP contribution in [0.25, 0.3) is 0 Å². The van der Waals surface area contributed by atoms with Crippen LogP contribution in [0.5, 0.6) is 0 Å². The lowest BCUT2D eigenvalue weighted by Crippen LogP contribution is -2.18. The summed E-state index contributed by atoms with van der Waals surface area (Å²) in [5.41, 5.74) is 2.01. The van der Waals surface area contributed by atoms with Gasteiger partial charge >= 0.3 is 0 Å². The van der Waals surface area contributed by atoms with Crippen molar-refractivity contribution in [3.63, 3.8) is 0 Å². The van der Waals surface area contributed by atoms with Crippen LogP contribution in [-0.2, 0) is 17.8 Å². The Hall–Kier alpha value is -1.07. The van der Waals surface area contributed by atoms with Crippen LogP contribution in [0.2, 0.25) is 10.0 Å². The number of methoxy groups -OCH3 is 1. The maximum atomic E-state index is 6.16. The number of ether oxygens (including phenoxy) is 1. The van der Waals surface area contributed by atoms with E-state index in [4.69, 9.17) is 27.9 Å². The number of rotatable bonds is 7. The Balaban J connectivity index is 1.92. The van der Waals surface area contributed by atoms with Crippen LogP contribution in [-0.4, -0.2) is 29.8 Å². The van der Waals surface area contributed by atoms with E-state index in [1.807, 2.05) is 22.9 Å². The summed E-state index contributed by atoms with van der Waals surface area (Å²) in [6, 6.07) is 5.52. The summed E-state index contributed by atoms with van der Waals surface area (Å²) in [6.45, 7) is 2.92. The fourth-order valence-corrected chi connectivity index (χ4v) is 2.29. The second kappa shape index (κ2) is 7.64. The van der Waals surface area contributed by atoms with Crippen molar-refractivity contribution in [1.29, 1.82) is 0 Å². The molecule has 0 saturated carbocycles. The van der Waals surface area contributed by atoms with Gasteiger partial charge in [0.25, 0.3) is 0 Å². The van der Waals surface area contributed by atoms with E-state index < -0.39 is 0 Å². The van der Waals surface area contributed by atoms with Gasteiger partial charge in [0.05, 0.1) is 18.6 Å². The third kappa shape index (κ3) is 4.49. The van der Waals surface area contributed by atoms with Gasteiger partial charge in [-0.25, -0.2) is 4.98 Å². The van der Waals surface area contributed by atoms with Crippen molar-refractivity contribution in [2.24, 2.45) is 0 Å². The molecule has 0 aliphatic carbocycles. The molecule has 0 spiro atoms. The molecule has 0 unspecified atom stereocenters. The monoisotopic (exact) mass is 313 g/mol. The van der Waals surface area contributed by atoms with Crippen molar-refractivity contribution in [2.75, 3.05) is 20.3 Å². The minimum absolute atomic E-state index is 0.646. The number of hydrogen-bond acceptors (Lipinski definition) is 3. The zero-order chi connectivity index (χ0) is 14.4. The molecule has 1 aromatic heterocycles. The lowest BCUT2D eigenvalue weighted by atomic mass is 10.2. The molecule has 108 valence electrons. The Bertz CT molecular complexity index is 557. The number of halogens is 2. The van der Waals surface area contributed by atoms with E-state index in [-0.39, 0.29) is 0 Å². The molecular formula is C14H17Cl2N3O. The van der Waals surface area contributed by atoms with Crippen molar-refractivity contribution in [3.05, 3.63) is 52.0 Å². The van der Waals surface area contributed by atoms with Gasteiger partial charge in [0.2, 0.25) is 0 Å². The molecule has 1 N–H and O–H groups in total. The molecule has 2 aromatic rings. The fraction of sp³-hybridized carbons (Fsp3) is 0.357. The highest BCUT2D eigenvalue weighted by molar-refractivity contribution is 6.35. The lowest BCUT2D eigenvalue weighted by molar-refractivity contribution is 0.199. The molecule has 4 nitrogen and oxygen atoms in total. The summed E-state index contributed by atoms with van der Waals surface area (Å²) in [4.78, 5) is 4.35. The van der Waals surface area contributed by atoms with Crippen LogP contribution in [0.4, 0.5) is 0 Å². The summed E-state index contributed by atoms with van der Waals surface area (Å²) in [5.74, 6) is 0. The Morgan fingerprint density at radius 3 is 2.95 bits per heavy atom. The Labute approximate surface area is 128 Å². The van der Waals surface area contributed by atoms with Crippen molar-refractivity contribution in [1.82, 2.24) is 14.9 Å². The molecule has 0 saturated heterocycles. The molecule has 6 heteroatoms. The van der Waals surface area contributed by atoms with E-state index in [1.54, 1.807) is 19.5 Å².